The van der Waals surface area contributed by atoms with Crippen LogP contribution in [0.15, 0.2) is 28.0 Å². The van der Waals surface area contributed by atoms with E-state index in [0.29, 0.717) is 16.9 Å². The summed E-state index contributed by atoms with van der Waals surface area (Å²) in [7, 11) is 4.53. The molecule has 2 heterocycles. The van der Waals surface area contributed by atoms with Gasteiger partial charge in [0.2, 0.25) is 0 Å². The summed E-state index contributed by atoms with van der Waals surface area (Å²) >= 11 is 0. The summed E-state index contributed by atoms with van der Waals surface area (Å²) in [4.78, 5) is 40.0. The first kappa shape index (κ1) is 14.6. The summed E-state index contributed by atoms with van der Waals surface area (Å²) in [6.07, 6.45) is 2.96. The fourth-order valence-corrected chi connectivity index (χ4v) is 2.06. The van der Waals surface area contributed by atoms with Crippen LogP contribution in [0.1, 0.15) is 16.1 Å². The van der Waals surface area contributed by atoms with Crippen molar-refractivity contribution in [1.82, 2.24) is 19.0 Å². The van der Waals surface area contributed by atoms with E-state index in [0.717, 1.165) is 4.57 Å². The molecule has 0 saturated carbocycles. The minimum Gasteiger partial charge on any atom is -0.397 e. The van der Waals surface area contributed by atoms with Gasteiger partial charge < -0.3 is 20.2 Å². The molecule has 2 aromatic rings. The number of nitrogens with two attached hydrogens (primary N) is 1. The molecule has 2 aromatic heterocycles. The largest absolute Gasteiger partial charge is 0.397 e. The Morgan fingerprint density at radius 3 is 2.62 bits per heavy atom. The second kappa shape index (κ2) is 5.31. The van der Waals surface area contributed by atoms with E-state index in [1.807, 2.05) is 0 Å². The van der Waals surface area contributed by atoms with Crippen molar-refractivity contribution in [2.45, 2.75) is 6.54 Å². The first-order chi connectivity index (χ1) is 9.81. The summed E-state index contributed by atoms with van der Waals surface area (Å²) in [5.41, 5.74) is 5.90. The standard InChI is InChI=1S/C13H17N5O3/c1-16(12(20)10-4-9(14)5-15-10)6-8-7-17(2)13(21)18(3)11(8)19/h4-5,7,15H,6,14H2,1-3H3. The number of aromatic nitrogens is 3. The fraction of sp³-hybridized carbons (Fsp3) is 0.308. The number of amides is 1. The third-order valence-electron chi connectivity index (χ3n) is 3.21. The van der Waals surface area contributed by atoms with Crippen LogP contribution in [0.2, 0.25) is 0 Å². The van der Waals surface area contributed by atoms with Crippen molar-refractivity contribution in [1.29, 1.82) is 0 Å². The number of nitrogen functional groups attached to an aromatic ring is 1. The van der Waals surface area contributed by atoms with Gasteiger partial charge in [0.15, 0.2) is 0 Å². The minimum atomic E-state index is -0.413. The lowest BCUT2D eigenvalue weighted by atomic mass is 10.3. The highest BCUT2D eigenvalue weighted by atomic mass is 16.2. The van der Waals surface area contributed by atoms with E-state index in [4.69, 9.17) is 5.73 Å². The molecule has 0 spiro atoms. The van der Waals surface area contributed by atoms with Gasteiger partial charge in [-0.3, -0.25) is 14.2 Å². The minimum absolute atomic E-state index is 0.0958. The van der Waals surface area contributed by atoms with E-state index in [-0.39, 0.29) is 12.5 Å². The molecular formula is C13H17N5O3. The monoisotopic (exact) mass is 291 g/mol. The number of carbonyl (C=O) groups is 1. The van der Waals surface area contributed by atoms with Gasteiger partial charge in [0.05, 0.1) is 12.1 Å². The Kier molecular flexibility index (Phi) is 3.70. The molecule has 0 atom stereocenters. The van der Waals surface area contributed by atoms with Gasteiger partial charge in [-0.2, -0.15) is 0 Å². The number of aryl methyl sites for hydroxylation is 1. The SMILES string of the molecule is CN(Cc1cn(C)c(=O)n(C)c1=O)C(=O)c1cc(N)c[nH]1. The molecule has 0 aliphatic rings. The second-order valence-corrected chi connectivity index (χ2v) is 4.92. The summed E-state index contributed by atoms with van der Waals surface area (Å²) in [5.74, 6) is -0.289. The van der Waals surface area contributed by atoms with E-state index < -0.39 is 11.2 Å². The number of aromatic amines is 1. The van der Waals surface area contributed by atoms with Crippen LogP contribution in [-0.2, 0) is 20.6 Å². The Labute approximate surface area is 120 Å². The van der Waals surface area contributed by atoms with Gasteiger partial charge in [0.25, 0.3) is 11.5 Å². The highest BCUT2D eigenvalue weighted by Gasteiger charge is 2.16. The number of anilines is 1. The maximum absolute atomic E-state index is 12.2. The topological polar surface area (TPSA) is 106 Å². The zero-order valence-electron chi connectivity index (χ0n) is 12.1. The molecule has 0 aromatic carbocycles. The molecule has 0 saturated heterocycles. The van der Waals surface area contributed by atoms with Crippen molar-refractivity contribution in [2.75, 3.05) is 12.8 Å². The Bertz CT molecular complexity index is 799. The summed E-state index contributed by atoms with van der Waals surface area (Å²) in [5, 5.41) is 0. The molecule has 2 rings (SSSR count). The predicted molar refractivity (Wildman–Crippen MR) is 77.9 cm³/mol. The summed E-state index contributed by atoms with van der Waals surface area (Å²) < 4.78 is 2.32. The van der Waals surface area contributed by atoms with Crippen LogP contribution < -0.4 is 17.0 Å². The molecule has 3 N–H and O–H groups in total. The quantitative estimate of drug-likeness (QED) is 0.777. The van der Waals surface area contributed by atoms with Crippen LogP contribution in [0.25, 0.3) is 0 Å². The lowest BCUT2D eigenvalue weighted by molar-refractivity contribution is 0.0779. The normalized spacial score (nSPS) is 10.6. The van der Waals surface area contributed by atoms with Crippen molar-refractivity contribution in [2.24, 2.45) is 14.1 Å². The summed E-state index contributed by atoms with van der Waals surface area (Å²) in [6.45, 7) is 0.0958. The molecule has 1 amide bonds. The van der Waals surface area contributed by atoms with Crippen molar-refractivity contribution in [3.05, 3.63) is 50.6 Å². The van der Waals surface area contributed by atoms with Crippen molar-refractivity contribution in [3.63, 3.8) is 0 Å². The average Bonchev–Trinajstić information content (AvgIpc) is 2.88. The number of hydrogen-bond donors (Lipinski definition) is 2. The number of carbonyl (C=O) groups excluding carboxylic acids is 1. The molecular weight excluding hydrogens is 274 g/mol. The van der Waals surface area contributed by atoms with Crippen LogP contribution in [-0.4, -0.2) is 32.0 Å². The molecule has 0 radical (unpaired) electrons. The average molecular weight is 291 g/mol. The summed E-state index contributed by atoms with van der Waals surface area (Å²) in [6, 6.07) is 1.53. The lowest BCUT2D eigenvalue weighted by Crippen LogP contribution is -2.40. The Hall–Kier alpha value is -2.77. The molecule has 21 heavy (non-hydrogen) atoms. The van der Waals surface area contributed by atoms with E-state index in [1.165, 1.54) is 35.0 Å². The molecule has 0 aliphatic heterocycles. The molecule has 0 bridgehead atoms. The molecule has 0 aliphatic carbocycles. The lowest BCUT2D eigenvalue weighted by Gasteiger charge is -2.16. The predicted octanol–water partition coefficient (Wildman–Crippen LogP) is -0.733. The number of nitrogens with one attached hydrogen (secondary N) is 1. The van der Waals surface area contributed by atoms with Gasteiger partial charge in [-0.05, 0) is 6.07 Å². The zero-order chi connectivity index (χ0) is 15.7. The van der Waals surface area contributed by atoms with Gasteiger partial charge in [-0.15, -0.1) is 0 Å². The highest BCUT2D eigenvalue weighted by molar-refractivity contribution is 5.93. The zero-order valence-corrected chi connectivity index (χ0v) is 12.1. The number of nitrogens with zero attached hydrogens (tertiary/aromatic N) is 3. The maximum Gasteiger partial charge on any atom is 0.330 e. The molecule has 0 fully saturated rings. The number of hydrogen-bond acceptors (Lipinski definition) is 4. The molecule has 112 valence electrons. The van der Waals surface area contributed by atoms with Crippen LogP contribution >= 0.6 is 0 Å². The van der Waals surface area contributed by atoms with E-state index in [9.17, 15) is 14.4 Å². The Morgan fingerprint density at radius 1 is 1.38 bits per heavy atom. The van der Waals surface area contributed by atoms with E-state index in [1.54, 1.807) is 14.1 Å². The van der Waals surface area contributed by atoms with Gasteiger partial charge in [-0.1, -0.05) is 0 Å². The van der Waals surface area contributed by atoms with Gasteiger partial charge in [-0.25, -0.2) is 4.79 Å². The van der Waals surface area contributed by atoms with E-state index >= 15 is 0 Å². The second-order valence-electron chi connectivity index (χ2n) is 4.92. The van der Waals surface area contributed by atoms with Crippen molar-refractivity contribution < 1.29 is 4.79 Å². The fourth-order valence-electron chi connectivity index (χ4n) is 2.06. The molecule has 0 unspecified atom stereocenters. The first-order valence-corrected chi connectivity index (χ1v) is 6.26. The first-order valence-electron chi connectivity index (χ1n) is 6.26. The van der Waals surface area contributed by atoms with Crippen molar-refractivity contribution >= 4 is 11.6 Å². The number of rotatable bonds is 3. The third kappa shape index (κ3) is 2.73. The number of H-pyrrole nitrogens is 1. The van der Waals surface area contributed by atoms with Gasteiger partial charge in [0.1, 0.15) is 5.69 Å². The highest BCUT2D eigenvalue weighted by Crippen LogP contribution is 2.08. The van der Waals surface area contributed by atoms with Crippen LogP contribution in [0.4, 0.5) is 5.69 Å². The van der Waals surface area contributed by atoms with Gasteiger partial charge in [0, 0.05) is 39.2 Å². The Balaban J connectivity index is 2.28. The molecule has 8 nitrogen and oxygen atoms in total. The van der Waals surface area contributed by atoms with Crippen LogP contribution in [0, 0.1) is 0 Å². The Morgan fingerprint density at radius 2 is 2.05 bits per heavy atom. The van der Waals surface area contributed by atoms with Crippen molar-refractivity contribution in [3.8, 4) is 0 Å². The molecule has 8 heteroatoms. The smallest absolute Gasteiger partial charge is 0.330 e. The van der Waals surface area contributed by atoms with Gasteiger partial charge >= 0.3 is 5.69 Å². The van der Waals surface area contributed by atoms with E-state index in [2.05, 4.69) is 4.98 Å². The van der Waals surface area contributed by atoms with Crippen LogP contribution in [0.5, 0.6) is 0 Å². The maximum atomic E-state index is 12.2. The van der Waals surface area contributed by atoms with Crippen LogP contribution in [0.3, 0.4) is 0 Å². The third-order valence-corrected chi connectivity index (χ3v) is 3.21.